The lowest BCUT2D eigenvalue weighted by atomic mass is 10.1. The molecule has 1 heterocycles. The van der Waals surface area contributed by atoms with Gasteiger partial charge in [0.2, 0.25) is 11.8 Å². The third kappa shape index (κ3) is 3.35. The SMILES string of the molecule is CC1NC(=O)CCN(C(C)Cc2ccc(F)cc2)C1=O. The van der Waals surface area contributed by atoms with Crippen molar-refractivity contribution in [3.8, 4) is 0 Å². The summed E-state index contributed by atoms with van der Waals surface area (Å²) in [6, 6.07) is 5.77. The molecule has 0 aliphatic carbocycles. The molecule has 2 unspecified atom stereocenters. The second-order valence-electron chi connectivity index (χ2n) is 5.25. The number of nitrogens with one attached hydrogen (secondary N) is 1. The predicted octanol–water partition coefficient (Wildman–Crippen LogP) is 1.49. The Morgan fingerprint density at radius 1 is 1.35 bits per heavy atom. The summed E-state index contributed by atoms with van der Waals surface area (Å²) in [5.74, 6) is -0.427. The van der Waals surface area contributed by atoms with Crippen LogP contribution in [0.1, 0.15) is 25.8 Å². The van der Waals surface area contributed by atoms with Crippen LogP contribution >= 0.6 is 0 Å². The highest BCUT2D eigenvalue weighted by Gasteiger charge is 2.29. The summed E-state index contributed by atoms with van der Waals surface area (Å²) >= 11 is 0. The molecule has 5 heteroatoms. The van der Waals surface area contributed by atoms with E-state index < -0.39 is 6.04 Å². The van der Waals surface area contributed by atoms with Gasteiger partial charge in [0.15, 0.2) is 0 Å². The van der Waals surface area contributed by atoms with Crippen molar-refractivity contribution in [2.24, 2.45) is 0 Å². The van der Waals surface area contributed by atoms with Gasteiger partial charge >= 0.3 is 0 Å². The normalized spacial score (nSPS) is 21.4. The molecule has 0 aromatic heterocycles. The Labute approximate surface area is 118 Å². The van der Waals surface area contributed by atoms with Gasteiger partial charge in [-0.1, -0.05) is 12.1 Å². The second-order valence-corrected chi connectivity index (χ2v) is 5.25. The van der Waals surface area contributed by atoms with E-state index in [0.29, 0.717) is 19.4 Å². The summed E-state index contributed by atoms with van der Waals surface area (Å²) in [5.41, 5.74) is 0.975. The highest BCUT2D eigenvalue weighted by molar-refractivity contribution is 5.89. The van der Waals surface area contributed by atoms with Crippen LogP contribution in [0, 0.1) is 5.82 Å². The molecule has 1 aliphatic rings. The minimum absolute atomic E-state index is 0.0249. The molecule has 0 spiro atoms. The zero-order chi connectivity index (χ0) is 14.7. The third-order valence-corrected chi connectivity index (χ3v) is 3.59. The van der Waals surface area contributed by atoms with Gasteiger partial charge in [0.05, 0.1) is 0 Å². The highest BCUT2D eigenvalue weighted by Crippen LogP contribution is 2.13. The minimum atomic E-state index is -0.485. The molecule has 1 aromatic carbocycles. The zero-order valence-electron chi connectivity index (χ0n) is 11.7. The average molecular weight is 278 g/mol. The molecule has 2 amide bonds. The van der Waals surface area contributed by atoms with Crippen molar-refractivity contribution >= 4 is 11.8 Å². The smallest absolute Gasteiger partial charge is 0.245 e. The fourth-order valence-electron chi connectivity index (χ4n) is 2.47. The summed E-state index contributed by atoms with van der Waals surface area (Å²) in [6.45, 7) is 4.07. The van der Waals surface area contributed by atoms with Gasteiger partial charge < -0.3 is 10.2 Å². The molecule has 2 rings (SSSR count). The topological polar surface area (TPSA) is 49.4 Å². The first kappa shape index (κ1) is 14.5. The van der Waals surface area contributed by atoms with Gasteiger partial charge in [-0.25, -0.2) is 4.39 Å². The summed E-state index contributed by atoms with van der Waals surface area (Å²) in [5, 5.41) is 2.67. The predicted molar refractivity (Wildman–Crippen MR) is 73.5 cm³/mol. The Kier molecular flexibility index (Phi) is 4.37. The minimum Gasteiger partial charge on any atom is -0.345 e. The van der Waals surface area contributed by atoms with Crippen molar-refractivity contribution in [1.82, 2.24) is 10.2 Å². The number of rotatable bonds is 3. The van der Waals surface area contributed by atoms with Crippen molar-refractivity contribution in [3.05, 3.63) is 35.6 Å². The fraction of sp³-hybridized carbons (Fsp3) is 0.467. The van der Waals surface area contributed by atoms with E-state index in [1.54, 1.807) is 24.0 Å². The van der Waals surface area contributed by atoms with Crippen molar-refractivity contribution in [2.75, 3.05) is 6.54 Å². The highest BCUT2D eigenvalue weighted by atomic mass is 19.1. The first-order valence-corrected chi connectivity index (χ1v) is 6.81. The van der Waals surface area contributed by atoms with Gasteiger partial charge in [0.25, 0.3) is 0 Å². The van der Waals surface area contributed by atoms with Gasteiger partial charge in [-0.15, -0.1) is 0 Å². The maximum atomic E-state index is 12.9. The molecule has 0 radical (unpaired) electrons. The second kappa shape index (κ2) is 6.03. The summed E-state index contributed by atoms with van der Waals surface area (Å²) in [7, 11) is 0. The third-order valence-electron chi connectivity index (χ3n) is 3.59. The fourth-order valence-corrected chi connectivity index (χ4v) is 2.47. The van der Waals surface area contributed by atoms with E-state index in [-0.39, 0.29) is 23.7 Å². The average Bonchev–Trinajstić information content (AvgIpc) is 2.52. The molecular weight excluding hydrogens is 259 g/mol. The van der Waals surface area contributed by atoms with E-state index in [1.807, 2.05) is 6.92 Å². The van der Waals surface area contributed by atoms with Crippen molar-refractivity contribution in [1.29, 1.82) is 0 Å². The number of halogens is 1. The standard InChI is InChI=1S/C15H19FN2O2/c1-10(9-12-3-5-13(16)6-4-12)18-8-7-14(19)17-11(2)15(18)20/h3-6,10-11H,7-9H2,1-2H3,(H,17,19). The van der Waals surface area contributed by atoms with Crippen LogP contribution in [0.4, 0.5) is 4.39 Å². The van der Waals surface area contributed by atoms with E-state index >= 15 is 0 Å². The molecule has 0 saturated carbocycles. The van der Waals surface area contributed by atoms with Crippen LogP contribution < -0.4 is 5.32 Å². The van der Waals surface area contributed by atoms with E-state index in [2.05, 4.69) is 5.32 Å². The molecule has 2 atom stereocenters. The molecule has 1 aromatic rings. The number of nitrogens with zero attached hydrogens (tertiary/aromatic N) is 1. The summed E-state index contributed by atoms with van der Waals surface area (Å²) < 4.78 is 12.9. The largest absolute Gasteiger partial charge is 0.345 e. The first-order valence-electron chi connectivity index (χ1n) is 6.81. The van der Waals surface area contributed by atoms with Crippen LogP contribution in [0.2, 0.25) is 0 Å². The molecule has 1 fully saturated rings. The van der Waals surface area contributed by atoms with Gasteiger partial charge in [-0.3, -0.25) is 9.59 Å². The van der Waals surface area contributed by atoms with Crippen molar-refractivity contribution in [3.63, 3.8) is 0 Å². The quantitative estimate of drug-likeness (QED) is 0.910. The van der Waals surface area contributed by atoms with Crippen LogP contribution in [0.15, 0.2) is 24.3 Å². The van der Waals surface area contributed by atoms with E-state index in [4.69, 9.17) is 0 Å². The Morgan fingerprint density at radius 2 is 2.00 bits per heavy atom. The monoisotopic (exact) mass is 278 g/mol. The van der Waals surface area contributed by atoms with Crippen LogP contribution in [0.25, 0.3) is 0 Å². The van der Waals surface area contributed by atoms with Crippen molar-refractivity contribution in [2.45, 2.75) is 38.8 Å². The van der Waals surface area contributed by atoms with Gasteiger partial charge in [-0.05, 0) is 38.0 Å². The summed E-state index contributed by atoms with van der Waals surface area (Å²) in [4.78, 5) is 25.4. The van der Waals surface area contributed by atoms with E-state index in [9.17, 15) is 14.0 Å². The first-order chi connectivity index (χ1) is 9.47. The van der Waals surface area contributed by atoms with Crippen LogP contribution in [0.5, 0.6) is 0 Å². The lowest BCUT2D eigenvalue weighted by Gasteiger charge is -2.29. The Hall–Kier alpha value is -1.91. The Morgan fingerprint density at radius 3 is 2.65 bits per heavy atom. The molecule has 4 nitrogen and oxygen atoms in total. The zero-order valence-corrected chi connectivity index (χ0v) is 11.7. The number of hydrogen-bond donors (Lipinski definition) is 1. The Balaban J connectivity index is 2.07. The molecule has 0 bridgehead atoms. The van der Waals surface area contributed by atoms with Crippen LogP contribution in [0.3, 0.4) is 0 Å². The van der Waals surface area contributed by atoms with Gasteiger partial charge in [-0.2, -0.15) is 0 Å². The lowest BCUT2D eigenvalue weighted by Crippen LogP contribution is -2.46. The van der Waals surface area contributed by atoms with Crippen molar-refractivity contribution < 1.29 is 14.0 Å². The molecule has 1 saturated heterocycles. The number of amides is 2. The molecule has 1 aliphatic heterocycles. The van der Waals surface area contributed by atoms with E-state index in [1.165, 1.54) is 12.1 Å². The molecule has 20 heavy (non-hydrogen) atoms. The molecule has 108 valence electrons. The lowest BCUT2D eigenvalue weighted by molar-refractivity contribution is -0.134. The van der Waals surface area contributed by atoms with Gasteiger partial charge in [0, 0.05) is 19.0 Å². The number of carbonyl (C=O) groups is 2. The Bertz CT molecular complexity index is 501. The number of carbonyl (C=O) groups excluding carboxylic acids is 2. The molecule has 1 N–H and O–H groups in total. The maximum Gasteiger partial charge on any atom is 0.245 e. The van der Waals surface area contributed by atoms with Crippen LogP contribution in [-0.4, -0.2) is 35.3 Å². The molecular formula is C15H19FN2O2. The van der Waals surface area contributed by atoms with E-state index in [0.717, 1.165) is 5.56 Å². The maximum absolute atomic E-state index is 12.9. The van der Waals surface area contributed by atoms with Crippen LogP contribution in [-0.2, 0) is 16.0 Å². The number of hydrogen-bond acceptors (Lipinski definition) is 2. The van der Waals surface area contributed by atoms with Gasteiger partial charge in [0.1, 0.15) is 11.9 Å². The number of benzene rings is 1. The summed E-state index contributed by atoms with van der Waals surface area (Å²) in [6.07, 6.45) is 0.969.